The number of hydrogen-bond acceptors (Lipinski definition) is 4. The Morgan fingerprint density at radius 1 is 0.349 bits per heavy atom. The van der Waals surface area contributed by atoms with E-state index in [-0.39, 0.29) is 22.9 Å². The molecule has 8 aromatic carbocycles. The average Bonchev–Trinajstić information content (AvgIpc) is 1.63. The van der Waals surface area contributed by atoms with Crippen LogP contribution in [0.3, 0.4) is 0 Å². The molecular formula is C90H82Cl2N8O6. The highest BCUT2D eigenvalue weighted by Crippen LogP contribution is 2.46. The molecule has 16 heteroatoms. The Labute approximate surface area is 624 Å². The molecule has 0 radical (unpaired) electrons. The van der Waals surface area contributed by atoms with E-state index in [0.29, 0.717) is 39.7 Å². The molecule has 0 bridgehead atoms. The van der Waals surface area contributed by atoms with Gasteiger partial charge in [-0.1, -0.05) is 190 Å². The third kappa shape index (κ3) is 13.9. The predicted octanol–water partition coefficient (Wildman–Crippen LogP) is 24.2. The monoisotopic (exact) mass is 1440 g/mol. The van der Waals surface area contributed by atoms with Gasteiger partial charge in [0.05, 0.1) is 34.2 Å². The van der Waals surface area contributed by atoms with Crippen LogP contribution in [0.15, 0.2) is 226 Å². The number of rotatable bonds is 17. The normalized spacial score (nSPS) is 11.2. The lowest BCUT2D eigenvalue weighted by atomic mass is 9.93. The summed E-state index contributed by atoms with van der Waals surface area (Å²) in [6.45, 7) is 22.0. The number of carbonyl (C=O) groups is 2. The molecule has 0 aliphatic heterocycles. The van der Waals surface area contributed by atoms with Gasteiger partial charge >= 0.3 is 11.9 Å². The Bertz CT molecular complexity index is 5800. The average molecular weight is 1440 g/mol. The standard InChI is InChI=1S/2C23H22N2O.2C22H19ClN2O2/c1-4-16-21(17-9-6-5-8-14(17)2)22(15(3)26)25-23(16)19-10-7-11-20-18(19)12-13-24-20;1-3-17-20(14-16-8-5-4-6-9-16)22(15(2)26)25-23(17)19-10-7-11-21-18(19)12-13-24-21;2*1-3-13-19(16-11-12(2)7-8-17(16)23)21(22(26)27)25-20(13)15-5-4-6-18-14(15)9-10-24-18/h5-13,24-26H,3-4H2,1-2H3;4-13,24-26H,2-3,14H2,1H3;2*4-11,24-25H,3H2,1-2H3,(H,26,27). The molecule has 0 fully saturated rings. The van der Waals surface area contributed by atoms with Gasteiger partial charge in [-0.15, -0.1) is 0 Å². The molecular weight excluding hydrogens is 1360 g/mol. The number of H-pyrrole nitrogens is 8. The molecule has 0 atom stereocenters. The van der Waals surface area contributed by atoms with Gasteiger partial charge in [0.15, 0.2) is 0 Å². The van der Waals surface area contributed by atoms with Crippen LogP contribution in [0.25, 0.3) is 134 Å². The number of halogens is 2. The van der Waals surface area contributed by atoms with E-state index in [9.17, 15) is 30.0 Å². The number of benzene rings is 8. The summed E-state index contributed by atoms with van der Waals surface area (Å²) in [5.74, 6) is -1.85. The summed E-state index contributed by atoms with van der Waals surface area (Å²) >= 11 is 12.9. The number of aromatic carboxylic acids is 2. The lowest BCUT2D eigenvalue weighted by Crippen LogP contribution is -2.00. The van der Waals surface area contributed by atoms with Gasteiger partial charge < -0.3 is 60.3 Å². The van der Waals surface area contributed by atoms with Crippen LogP contribution in [0.5, 0.6) is 0 Å². The molecule has 8 aromatic heterocycles. The summed E-state index contributed by atoms with van der Waals surface area (Å²) < 4.78 is 0. The van der Waals surface area contributed by atoms with Crippen LogP contribution >= 0.6 is 23.2 Å². The van der Waals surface area contributed by atoms with Gasteiger partial charge in [-0.3, -0.25) is 0 Å². The Morgan fingerprint density at radius 3 is 1.04 bits per heavy atom. The molecule has 532 valence electrons. The fourth-order valence-corrected chi connectivity index (χ4v) is 15.4. The maximum atomic E-state index is 12.0. The number of fused-ring (bicyclic) bond motifs is 4. The van der Waals surface area contributed by atoms with Crippen molar-refractivity contribution in [3.63, 3.8) is 0 Å². The summed E-state index contributed by atoms with van der Waals surface area (Å²) in [6.07, 6.45) is 11.5. The van der Waals surface area contributed by atoms with E-state index in [4.69, 9.17) is 23.2 Å². The van der Waals surface area contributed by atoms with E-state index in [0.717, 1.165) is 158 Å². The second-order valence-electron chi connectivity index (χ2n) is 26.4. The zero-order valence-electron chi connectivity index (χ0n) is 60.0. The SMILES string of the molecule is C=C(O)c1[nH]c(-c2cccc3[nH]ccc23)c(CC)c1-c1ccccc1C.C=C(O)c1[nH]c(-c2cccc3[nH]ccc23)c(CC)c1Cc1ccccc1.CCc1c(-c2cccc3[nH]ccc23)[nH]c(C(=O)O)c1-c1cc(C)ccc1Cl.CCc1c(-c2cccc3[nH]ccc23)[nH]c(C(=O)O)c1-c1cc(C)ccc1Cl. The molecule has 0 saturated heterocycles. The summed E-state index contributed by atoms with van der Waals surface area (Å²) in [7, 11) is 0. The summed E-state index contributed by atoms with van der Waals surface area (Å²) in [5.41, 5.74) is 28.9. The minimum Gasteiger partial charge on any atom is -0.506 e. The fraction of sp³-hybridized carbons (Fsp3) is 0.133. The first-order valence-electron chi connectivity index (χ1n) is 35.4. The third-order valence-corrected chi connectivity index (χ3v) is 20.5. The Balaban J connectivity index is 0.000000125. The Kier molecular flexibility index (Phi) is 21.0. The maximum absolute atomic E-state index is 12.0. The number of aliphatic hydroxyl groups excluding tert-OH is 2. The van der Waals surface area contributed by atoms with Crippen molar-refractivity contribution < 1.29 is 30.0 Å². The van der Waals surface area contributed by atoms with Crippen molar-refractivity contribution in [3.8, 4) is 78.4 Å². The summed E-state index contributed by atoms with van der Waals surface area (Å²) in [4.78, 5) is 50.3. The Morgan fingerprint density at radius 2 is 0.679 bits per heavy atom. The van der Waals surface area contributed by atoms with Gasteiger partial charge in [0.1, 0.15) is 22.9 Å². The van der Waals surface area contributed by atoms with Crippen molar-refractivity contribution in [2.24, 2.45) is 0 Å². The van der Waals surface area contributed by atoms with Crippen LogP contribution in [0.4, 0.5) is 0 Å². The topological polar surface area (TPSA) is 241 Å². The first-order chi connectivity index (χ1) is 51.3. The van der Waals surface area contributed by atoms with Gasteiger partial charge in [-0.25, -0.2) is 9.59 Å². The van der Waals surface area contributed by atoms with E-state index in [2.05, 4.69) is 147 Å². The molecule has 106 heavy (non-hydrogen) atoms. The van der Waals surface area contributed by atoms with Crippen molar-refractivity contribution in [3.05, 3.63) is 309 Å². The van der Waals surface area contributed by atoms with E-state index >= 15 is 0 Å². The first kappa shape index (κ1) is 72.0. The molecule has 0 spiro atoms. The van der Waals surface area contributed by atoms with Crippen LogP contribution in [0, 0.1) is 20.8 Å². The van der Waals surface area contributed by atoms with E-state index < -0.39 is 11.9 Å². The number of carboxylic acid groups (broad SMARTS) is 2. The van der Waals surface area contributed by atoms with E-state index in [1.807, 2.05) is 168 Å². The number of aliphatic hydroxyl groups is 2. The highest BCUT2D eigenvalue weighted by Gasteiger charge is 2.29. The largest absolute Gasteiger partial charge is 0.506 e. The quantitative estimate of drug-likeness (QED) is 0.0396. The second kappa shape index (κ2) is 30.9. The van der Waals surface area contributed by atoms with Crippen molar-refractivity contribution in [1.82, 2.24) is 39.9 Å². The number of carboxylic acids is 2. The number of hydrogen-bond donors (Lipinski definition) is 12. The maximum Gasteiger partial charge on any atom is 0.352 e. The minimum atomic E-state index is -0.996. The molecule has 0 aliphatic carbocycles. The van der Waals surface area contributed by atoms with E-state index in [1.165, 1.54) is 27.6 Å². The molecule has 0 unspecified atom stereocenters. The molecule has 0 saturated carbocycles. The fourth-order valence-electron chi connectivity index (χ4n) is 15.0. The van der Waals surface area contributed by atoms with Gasteiger partial charge in [-0.2, -0.15) is 0 Å². The molecule has 16 rings (SSSR count). The van der Waals surface area contributed by atoms with Gasteiger partial charge in [0.25, 0.3) is 0 Å². The minimum absolute atomic E-state index is 0.0606. The lowest BCUT2D eigenvalue weighted by Gasteiger charge is -2.10. The molecule has 8 heterocycles. The smallest absolute Gasteiger partial charge is 0.352 e. The third-order valence-electron chi connectivity index (χ3n) is 19.8. The summed E-state index contributed by atoms with van der Waals surface area (Å²) in [5, 5.41) is 45.7. The predicted molar refractivity (Wildman–Crippen MR) is 437 cm³/mol. The summed E-state index contributed by atoms with van der Waals surface area (Å²) in [6, 6.07) is 62.6. The van der Waals surface area contributed by atoms with Gasteiger partial charge in [-0.05, 0) is 170 Å². The molecule has 16 aromatic rings. The zero-order valence-corrected chi connectivity index (χ0v) is 61.5. The molecule has 14 nitrogen and oxygen atoms in total. The first-order valence-corrected chi connectivity index (χ1v) is 36.2. The van der Waals surface area contributed by atoms with Crippen LogP contribution in [-0.2, 0) is 32.1 Å². The van der Waals surface area contributed by atoms with Crippen molar-refractivity contribution >= 4 is 90.3 Å². The molecule has 12 N–H and O–H groups in total. The Hall–Kier alpha value is -12.4. The number of aryl methyl sites for hydroxylation is 3. The van der Waals surface area contributed by atoms with Crippen molar-refractivity contribution in [2.75, 3.05) is 0 Å². The number of aromatic nitrogens is 8. The van der Waals surface area contributed by atoms with Crippen LogP contribution in [0.2, 0.25) is 10.0 Å². The van der Waals surface area contributed by atoms with Gasteiger partial charge in [0, 0.05) is 129 Å². The zero-order chi connectivity index (χ0) is 74.6. The van der Waals surface area contributed by atoms with Crippen molar-refractivity contribution in [1.29, 1.82) is 0 Å². The second-order valence-corrected chi connectivity index (χ2v) is 27.2. The van der Waals surface area contributed by atoms with Crippen LogP contribution in [-0.4, -0.2) is 72.2 Å². The highest BCUT2D eigenvalue weighted by molar-refractivity contribution is 6.34. The van der Waals surface area contributed by atoms with Gasteiger partial charge in [0.2, 0.25) is 0 Å². The molecule has 0 amide bonds. The number of aromatic amines is 8. The lowest BCUT2D eigenvalue weighted by molar-refractivity contribution is 0.0681. The highest BCUT2D eigenvalue weighted by atomic mass is 35.5. The van der Waals surface area contributed by atoms with Crippen LogP contribution < -0.4 is 0 Å². The van der Waals surface area contributed by atoms with E-state index in [1.54, 1.807) is 0 Å². The number of nitrogens with one attached hydrogen (secondary N) is 8. The van der Waals surface area contributed by atoms with Crippen LogP contribution in [0.1, 0.15) is 110 Å². The molecule has 0 aliphatic rings. The van der Waals surface area contributed by atoms with Crippen molar-refractivity contribution in [2.45, 2.75) is 80.6 Å².